The third-order valence-corrected chi connectivity index (χ3v) is 17.6. The van der Waals surface area contributed by atoms with Crippen LogP contribution in [0.4, 0.5) is 0 Å². The minimum atomic E-state index is -0.714. The number of hydrogen-bond acceptors (Lipinski definition) is 0. The van der Waals surface area contributed by atoms with Gasteiger partial charge >= 0.3 is 44.8 Å². The van der Waals surface area contributed by atoms with Crippen LogP contribution in [0, 0.1) is 24.7 Å². The molecule has 0 atom stereocenters. The zero-order valence-corrected chi connectivity index (χ0v) is 42.3. The maximum Gasteiger partial charge on any atom is 1.00 e. The molecule has 2 aromatic heterocycles. The summed E-state index contributed by atoms with van der Waals surface area (Å²) in [5.74, 6) is 5.02. The fraction of sp³-hybridized carbons (Fsp3) is 0.103. The van der Waals surface area contributed by atoms with Crippen molar-refractivity contribution in [2.45, 2.75) is 12.8 Å². The predicted molar refractivity (Wildman–Crippen MR) is 273 cm³/mol. The van der Waals surface area contributed by atoms with Crippen LogP contribution in [0.5, 0.6) is 0 Å². The van der Waals surface area contributed by atoms with Gasteiger partial charge in [-0.2, -0.15) is 0 Å². The fourth-order valence-electron chi connectivity index (χ4n) is 8.70. The van der Waals surface area contributed by atoms with Crippen LogP contribution in [-0.4, -0.2) is 21.5 Å². The Bertz CT molecular complexity index is 2840. The number of rotatable bonds is 9. The van der Waals surface area contributed by atoms with Crippen molar-refractivity contribution in [1.82, 2.24) is 9.13 Å². The summed E-state index contributed by atoms with van der Waals surface area (Å²) in [5.41, 5.74) is 6.40. The van der Waals surface area contributed by atoms with Gasteiger partial charge in [-0.25, -0.2) is 0 Å². The molecule has 0 saturated carbocycles. The molecule has 0 unspecified atom stereocenters. The first-order valence-corrected chi connectivity index (χ1v) is 24.7. The normalized spacial score (nSPS) is 10.6. The Balaban J connectivity index is 0.000000170. The number of para-hydroxylation sites is 2. The van der Waals surface area contributed by atoms with E-state index in [4.69, 9.17) is 12.8 Å². The standard InChI is InChI=1S/C28H28P2.2C15H10N.2Au/c1-5-15-25(16-6-1)29(26-17-7-2-8-18-26)23-13-14-24-30(27-19-9-3-10-20-27)28-21-11-4-12-22-28;2*1-3-11-7-6-10-14-15(11)12-8-4-5-9-13(12)16(14)2;;/h1-12,15-22H,13-14,23-24H2;2*4-10H,2H3;;/q;2*-1;2*+1/p+2. The van der Waals surface area contributed by atoms with E-state index < -0.39 is 15.8 Å². The third-order valence-electron chi connectivity index (χ3n) is 11.7. The van der Waals surface area contributed by atoms with Gasteiger partial charge in [-0.3, -0.25) is 11.8 Å². The van der Waals surface area contributed by atoms with Gasteiger partial charge in [-0.05, 0) is 96.4 Å². The Labute approximate surface area is 412 Å². The van der Waals surface area contributed by atoms with Gasteiger partial charge in [0.1, 0.15) is 0 Å². The molecule has 6 heteroatoms. The number of benzene rings is 8. The van der Waals surface area contributed by atoms with Crippen molar-refractivity contribution < 1.29 is 44.8 Å². The van der Waals surface area contributed by atoms with E-state index in [0.717, 1.165) is 32.9 Å². The molecule has 2 heterocycles. The zero-order chi connectivity index (χ0) is 42.7. The first-order valence-electron chi connectivity index (χ1n) is 21.3. The molecule has 0 radical (unpaired) electrons. The van der Waals surface area contributed by atoms with E-state index in [1.54, 1.807) is 0 Å². The summed E-state index contributed by atoms with van der Waals surface area (Å²) < 4.78 is 4.32. The van der Waals surface area contributed by atoms with Crippen molar-refractivity contribution in [3.63, 3.8) is 0 Å². The van der Waals surface area contributed by atoms with Crippen molar-refractivity contribution in [3.8, 4) is 11.8 Å². The molecule has 0 N–H and O–H groups in total. The van der Waals surface area contributed by atoms with Gasteiger partial charge in [-0.15, -0.1) is 23.3 Å². The summed E-state index contributed by atoms with van der Waals surface area (Å²) in [7, 11) is 2.68. The van der Waals surface area contributed by atoms with Crippen molar-refractivity contribution >= 4 is 80.7 Å². The predicted octanol–water partition coefficient (Wildman–Crippen LogP) is 12.0. The first kappa shape index (κ1) is 48.3. The third kappa shape index (κ3) is 10.8. The van der Waals surface area contributed by atoms with Crippen molar-refractivity contribution in [3.05, 3.63) is 230 Å². The molecule has 0 aliphatic carbocycles. The quantitative estimate of drug-likeness (QED) is 0.0448. The summed E-state index contributed by atoms with van der Waals surface area (Å²) in [6.45, 7) is 0. The maximum atomic E-state index is 7.35. The van der Waals surface area contributed by atoms with E-state index in [0.29, 0.717) is 0 Å². The molecule has 0 amide bonds. The van der Waals surface area contributed by atoms with Crippen LogP contribution < -0.4 is 21.2 Å². The Hall–Kier alpha value is -5.18. The second kappa shape index (κ2) is 23.7. The van der Waals surface area contributed by atoms with Gasteiger partial charge in [0.25, 0.3) is 0 Å². The largest absolute Gasteiger partial charge is 1.00 e. The maximum absolute atomic E-state index is 7.35. The molecule has 2 nitrogen and oxygen atoms in total. The summed E-state index contributed by atoms with van der Waals surface area (Å²) in [6.07, 6.45) is 19.9. The van der Waals surface area contributed by atoms with Crippen LogP contribution in [0.3, 0.4) is 0 Å². The van der Waals surface area contributed by atoms with Crippen LogP contribution in [0.25, 0.3) is 43.6 Å². The Morgan fingerprint density at radius 3 is 0.953 bits per heavy atom. The average molecular weight is 1230 g/mol. The fourth-order valence-corrected chi connectivity index (χ4v) is 14.1. The molecule has 0 aliphatic rings. The van der Waals surface area contributed by atoms with E-state index >= 15 is 0 Å². The van der Waals surface area contributed by atoms with Crippen LogP contribution in [0.1, 0.15) is 24.0 Å². The van der Waals surface area contributed by atoms with E-state index in [9.17, 15) is 0 Å². The molecule has 322 valence electrons. The van der Waals surface area contributed by atoms with Gasteiger partial charge in [-0.1, -0.05) is 132 Å². The van der Waals surface area contributed by atoms with Crippen LogP contribution in [-0.2, 0) is 58.9 Å². The number of unbranched alkanes of at least 4 members (excludes halogenated alkanes) is 1. The topological polar surface area (TPSA) is 9.86 Å². The van der Waals surface area contributed by atoms with E-state index in [1.165, 1.54) is 68.2 Å². The molecule has 10 aromatic rings. The van der Waals surface area contributed by atoms with Crippen LogP contribution in [0.2, 0.25) is 0 Å². The summed E-state index contributed by atoms with van der Waals surface area (Å²) in [5, 5.41) is 10.8. The molecule has 10 rings (SSSR count). The molecule has 8 aromatic carbocycles. The second-order valence-corrected chi connectivity index (χ2v) is 20.7. The molecule has 0 aliphatic heterocycles. The first-order chi connectivity index (χ1) is 30.6. The summed E-state index contributed by atoms with van der Waals surface area (Å²) in [4.78, 5) is 0. The minimum absolute atomic E-state index is 0. The van der Waals surface area contributed by atoms with Gasteiger partial charge < -0.3 is 22.0 Å². The number of nitrogens with zero attached hydrogens (tertiary/aromatic N) is 2. The van der Waals surface area contributed by atoms with E-state index in [2.05, 4.69) is 193 Å². The molecule has 0 spiro atoms. The zero-order valence-electron chi connectivity index (χ0n) is 36.0. The Kier molecular flexibility index (Phi) is 17.9. The minimum Gasteiger partial charge on any atom is -0.366 e. The van der Waals surface area contributed by atoms with Crippen molar-refractivity contribution in [2.24, 2.45) is 14.1 Å². The molecule has 0 bridgehead atoms. The number of hydrogen-bond donors (Lipinski definition) is 0. The van der Waals surface area contributed by atoms with Gasteiger partial charge in [0.05, 0.1) is 49.4 Å². The molecular formula is C58H50Au2N2P2+2. The summed E-state index contributed by atoms with van der Waals surface area (Å²) in [6, 6.07) is 73.1. The summed E-state index contributed by atoms with van der Waals surface area (Å²) >= 11 is 0. The number of aryl methyl sites for hydroxylation is 2. The average Bonchev–Trinajstić information content (AvgIpc) is 3.81. The molecular weight excluding hydrogens is 1180 g/mol. The van der Waals surface area contributed by atoms with Crippen molar-refractivity contribution in [2.75, 3.05) is 12.3 Å². The van der Waals surface area contributed by atoms with Crippen LogP contribution >= 0.6 is 15.8 Å². The smallest absolute Gasteiger partial charge is 0.366 e. The van der Waals surface area contributed by atoms with Gasteiger partial charge in [0, 0.05) is 36.2 Å². The Morgan fingerprint density at radius 2 is 0.641 bits per heavy atom. The van der Waals surface area contributed by atoms with Gasteiger partial charge in [0.15, 0.2) is 0 Å². The Morgan fingerprint density at radius 1 is 0.359 bits per heavy atom. The van der Waals surface area contributed by atoms with E-state index in [1.807, 2.05) is 48.5 Å². The SMILES string of the molecule is [Au+].[Au+].[C-]#Cc1cccc2c1c1ccccc1n2C.[C-]#Cc1cccc2c1c1ccccc1n2C.c1ccc([PH+](CCCC[PH+](c2ccccc2)c2ccccc2)c2ccccc2)cc1. The van der Waals surface area contributed by atoms with E-state index in [-0.39, 0.29) is 44.8 Å². The molecule has 64 heavy (non-hydrogen) atoms. The molecule has 0 fully saturated rings. The van der Waals surface area contributed by atoms with Crippen molar-refractivity contribution in [1.29, 1.82) is 0 Å². The van der Waals surface area contributed by atoms with Gasteiger partial charge in [0.2, 0.25) is 0 Å². The molecule has 0 saturated heterocycles. The van der Waals surface area contributed by atoms with Crippen LogP contribution in [0.15, 0.2) is 206 Å². The second-order valence-electron chi connectivity index (χ2n) is 15.4. The number of aromatic nitrogens is 2. The number of fused-ring (bicyclic) bond motifs is 6. The monoisotopic (exact) mass is 1230 g/mol.